The molecular formula is C14H19ClO4. The summed E-state index contributed by atoms with van der Waals surface area (Å²) in [6.45, 7) is 5.71. The molecule has 0 heterocycles. The van der Waals surface area contributed by atoms with Crippen molar-refractivity contribution in [2.24, 2.45) is 5.92 Å². The van der Waals surface area contributed by atoms with Gasteiger partial charge in [0.15, 0.2) is 0 Å². The molecule has 1 aromatic rings. The lowest BCUT2D eigenvalue weighted by Gasteiger charge is -2.10. The van der Waals surface area contributed by atoms with Crippen molar-refractivity contribution in [3.8, 4) is 5.75 Å². The molecule has 0 atom stereocenters. The summed E-state index contributed by atoms with van der Waals surface area (Å²) in [6, 6.07) is 4.53. The standard InChI is InChI=1S/C14H19ClO4/c1-10(2)5-6-18-7-8-19-13-4-3-11(15)9-12(13)14(16)17/h3-4,9-10H,5-8H2,1-2H3,(H,16,17). The molecule has 0 saturated carbocycles. The van der Waals surface area contributed by atoms with Crippen LogP contribution in [0.15, 0.2) is 18.2 Å². The minimum atomic E-state index is -1.06. The van der Waals surface area contributed by atoms with E-state index in [0.29, 0.717) is 36.5 Å². The van der Waals surface area contributed by atoms with E-state index in [1.54, 1.807) is 12.1 Å². The van der Waals surface area contributed by atoms with Gasteiger partial charge >= 0.3 is 5.97 Å². The van der Waals surface area contributed by atoms with Crippen LogP contribution in [0.5, 0.6) is 5.75 Å². The van der Waals surface area contributed by atoms with Crippen molar-refractivity contribution < 1.29 is 19.4 Å². The molecule has 1 N–H and O–H groups in total. The van der Waals surface area contributed by atoms with E-state index in [0.717, 1.165) is 6.42 Å². The summed E-state index contributed by atoms with van der Waals surface area (Å²) in [5.41, 5.74) is 0.0645. The van der Waals surface area contributed by atoms with E-state index in [2.05, 4.69) is 13.8 Å². The predicted molar refractivity (Wildman–Crippen MR) is 74.2 cm³/mol. The Bertz CT molecular complexity index is 418. The van der Waals surface area contributed by atoms with Crippen LogP contribution in [0.4, 0.5) is 0 Å². The van der Waals surface area contributed by atoms with Gasteiger partial charge in [0, 0.05) is 11.6 Å². The van der Waals surface area contributed by atoms with Crippen LogP contribution in [-0.2, 0) is 4.74 Å². The summed E-state index contributed by atoms with van der Waals surface area (Å²) >= 11 is 5.75. The Kier molecular flexibility index (Phi) is 6.67. The van der Waals surface area contributed by atoms with E-state index in [1.165, 1.54) is 6.07 Å². The van der Waals surface area contributed by atoms with E-state index in [4.69, 9.17) is 26.2 Å². The number of aromatic carboxylic acids is 1. The van der Waals surface area contributed by atoms with E-state index < -0.39 is 5.97 Å². The van der Waals surface area contributed by atoms with Crippen molar-refractivity contribution in [2.75, 3.05) is 19.8 Å². The van der Waals surface area contributed by atoms with Crippen molar-refractivity contribution >= 4 is 17.6 Å². The number of carbonyl (C=O) groups is 1. The van der Waals surface area contributed by atoms with Crippen LogP contribution in [0, 0.1) is 5.92 Å². The number of hydrogen-bond donors (Lipinski definition) is 1. The van der Waals surface area contributed by atoms with Crippen LogP contribution in [0.3, 0.4) is 0 Å². The Labute approximate surface area is 118 Å². The number of halogens is 1. The summed E-state index contributed by atoms with van der Waals surface area (Å²) < 4.78 is 10.8. The summed E-state index contributed by atoms with van der Waals surface area (Å²) in [6.07, 6.45) is 1.00. The van der Waals surface area contributed by atoms with Crippen LogP contribution >= 0.6 is 11.6 Å². The molecule has 0 fully saturated rings. The zero-order valence-electron chi connectivity index (χ0n) is 11.2. The van der Waals surface area contributed by atoms with Crippen molar-refractivity contribution in [2.45, 2.75) is 20.3 Å². The first-order valence-electron chi connectivity index (χ1n) is 6.24. The first kappa shape index (κ1) is 15.8. The lowest BCUT2D eigenvalue weighted by Crippen LogP contribution is -2.10. The number of hydrogen-bond acceptors (Lipinski definition) is 3. The highest BCUT2D eigenvalue weighted by molar-refractivity contribution is 6.31. The quantitative estimate of drug-likeness (QED) is 0.743. The maximum Gasteiger partial charge on any atom is 0.339 e. The minimum absolute atomic E-state index is 0.0645. The fourth-order valence-corrected chi connectivity index (χ4v) is 1.60. The SMILES string of the molecule is CC(C)CCOCCOc1ccc(Cl)cc1C(=O)O. The first-order valence-corrected chi connectivity index (χ1v) is 6.62. The molecule has 0 amide bonds. The lowest BCUT2D eigenvalue weighted by atomic mass is 10.1. The minimum Gasteiger partial charge on any atom is -0.490 e. The molecule has 1 rings (SSSR count). The van der Waals surface area contributed by atoms with Crippen molar-refractivity contribution in [3.05, 3.63) is 28.8 Å². The number of carboxylic acid groups (broad SMARTS) is 1. The van der Waals surface area contributed by atoms with Crippen molar-refractivity contribution in [3.63, 3.8) is 0 Å². The molecule has 4 nitrogen and oxygen atoms in total. The highest BCUT2D eigenvalue weighted by atomic mass is 35.5. The smallest absolute Gasteiger partial charge is 0.339 e. The molecule has 0 aromatic heterocycles. The molecule has 1 aromatic carbocycles. The van der Waals surface area contributed by atoms with Crippen LogP contribution in [0.1, 0.15) is 30.6 Å². The fraction of sp³-hybridized carbons (Fsp3) is 0.500. The molecular weight excluding hydrogens is 268 g/mol. The van der Waals surface area contributed by atoms with Gasteiger partial charge in [-0.2, -0.15) is 0 Å². The van der Waals surface area contributed by atoms with Crippen LogP contribution in [-0.4, -0.2) is 30.9 Å². The van der Waals surface area contributed by atoms with E-state index in [9.17, 15) is 4.79 Å². The number of rotatable bonds is 8. The molecule has 0 aliphatic rings. The summed E-state index contributed by atoms with van der Waals surface area (Å²) in [4.78, 5) is 11.0. The Morgan fingerprint density at radius 2 is 2.05 bits per heavy atom. The highest BCUT2D eigenvalue weighted by Gasteiger charge is 2.11. The van der Waals surface area contributed by atoms with Gasteiger partial charge in [-0.05, 0) is 30.5 Å². The van der Waals surface area contributed by atoms with Gasteiger partial charge in [0.2, 0.25) is 0 Å². The van der Waals surface area contributed by atoms with Gasteiger partial charge in [-0.1, -0.05) is 25.4 Å². The van der Waals surface area contributed by atoms with E-state index in [1.807, 2.05) is 0 Å². The third-order valence-corrected chi connectivity index (χ3v) is 2.73. The van der Waals surface area contributed by atoms with Gasteiger partial charge in [-0.15, -0.1) is 0 Å². The third-order valence-electron chi connectivity index (χ3n) is 2.50. The van der Waals surface area contributed by atoms with Gasteiger partial charge in [-0.3, -0.25) is 0 Å². The molecule has 0 aliphatic carbocycles. The highest BCUT2D eigenvalue weighted by Crippen LogP contribution is 2.22. The van der Waals surface area contributed by atoms with E-state index >= 15 is 0 Å². The number of benzene rings is 1. The van der Waals surface area contributed by atoms with Gasteiger partial charge < -0.3 is 14.6 Å². The Morgan fingerprint density at radius 1 is 1.32 bits per heavy atom. The fourth-order valence-electron chi connectivity index (χ4n) is 1.43. The second-order valence-electron chi connectivity index (χ2n) is 4.59. The van der Waals surface area contributed by atoms with Crippen LogP contribution in [0.25, 0.3) is 0 Å². The largest absolute Gasteiger partial charge is 0.490 e. The van der Waals surface area contributed by atoms with Gasteiger partial charge in [0.1, 0.15) is 17.9 Å². The second-order valence-corrected chi connectivity index (χ2v) is 5.03. The molecule has 5 heteroatoms. The first-order chi connectivity index (χ1) is 9.00. The topological polar surface area (TPSA) is 55.8 Å². The Balaban J connectivity index is 2.39. The maximum atomic E-state index is 11.0. The molecule has 19 heavy (non-hydrogen) atoms. The molecule has 106 valence electrons. The summed E-state index contributed by atoms with van der Waals surface area (Å²) in [7, 11) is 0. The summed E-state index contributed by atoms with van der Waals surface area (Å²) in [5, 5.41) is 9.40. The van der Waals surface area contributed by atoms with Gasteiger partial charge in [0.25, 0.3) is 0 Å². The predicted octanol–water partition coefficient (Wildman–Crippen LogP) is 3.48. The molecule has 0 saturated heterocycles. The monoisotopic (exact) mass is 286 g/mol. The average Bonchev–Trinajstić information content (AvgIpc) is 2.34. The zero-order chi connectivity index (χ0) is 14.3. The number of carboxylic acids is 1. The average molecular weight is 287 g/mol. The van der Waals surface area contributed by atoms with Crippen LogP contribution < -0.4 is 4.74 Å². The van der Waals surface area contributed by atoms with Crippen LogP contribution in [0.2, 0.25) is 5.02 Å². The second kappa shape index (κ2) is 8.02. The van der Waals surface area contributed by atoms with E-state index in [-0.39, 0.29) is 5.56 Å². The molecule has 0 unspecified atom stereocenters. The molecule has 0 bridgehead atoms. The lowest BCUT2D eigenvalue weighted by molar-refractivity contribution is 0.0683. The van der Waals surface area contributed by atoms with Gasteiger partial charge in [0.05, 0.1) is 6.61 Å². The zero-order valence-corrected chi connectivity index (χ0v) is 11.9. The van der Waals surface area contributed by atoms with Gasteiger partial charge in [-0.25, -0.2) is 4.79 Å². The Morgan fingerprint density at radius 3 is 2.68 bits per heavy atom. The van der Waals surface area contributed by atoms with Crippen molar-refractivity contribution in [1.82, 2.24) is 0 Å². The molecule has 0 aliphatic heterocycles. The molecule has 0 spiro atoms. The maximum absolute atomic E-state index is 11.0. The third kappa shape index (κ3) is 5.94. The Hall–Kier alpha value is -1.26. The molecule has 0 radical (unpaired) electrons. The number of ether oxygens (including phenoxy) is 2. The normalized spacial score (nSPS) is 10.7. The van der Waals surface area contributed by atoms with Crippen molar-refractivity contribution in [1.29, 1.82) is 0 Å². The summed E-state index contributed by atoms with van der Waals surface area (Å²) in [5.74, 6) is -0.140.